The van der Waals surface area contributed by atoms with Crippen LogP contribution in [0.1, 0.15) is 59.3 Å². The molecule has 0 unspecified atom stereocenters. The van der Waals surface area contributed by atoms with E-state index in [9.17, 15) is 40.2 Å². The third-order valence-corrected chi connectivity index (χ3v) is 7.38. The first-order valence-electron chi connectivity index (χ1n) is 14.6. The van der Waals surface area contributed by atoms with Crippen LogP contribution < -0.4 is 5.32 Å². The SMILES string of the molecule is CCNC(=O)CCCCCCC(=O)CN(CCO[C@@H]1O[C@@H](C)[C@@H](O)[C@@H](O)[C@@H]1O)CCO[C@@H]1O[C@@H](C)[C@@H](O)[C@@H](O)[C@@H]1O. The second-order valence-corrected chi connectivity index (χ2v) is 10.8. The minimum absolute atomic E-state index is 0.00374. The van der Waals surface area contributed by atoms with Crippen molar-refractivity contribution in [2.24, 2.45) is 0 Å². The van der Waals surface area contributed by atoms with Gasteiger partial charge in [-0.2, -0.15) is 0 Å². The Labute approximate surface area is 241 Å². The van der Waals surface area contributed by atoms with Gasteiger partial charge in [0.25, 0.3) is 0 Å². The molecule has 7 N–H and O–H groups in total. The zero-order valence-corrected chi connectivity index (χ0v) is 24.3. The Balaban J connectivity index is 1.83. The molecule has 0 saturated carbocycles. The van der Waals surface area contributed by atoms with Crippen LogP contribution in [0.15, 0.2) is 0 Å². The van der Waals surface area contributed by atoms with E-state index in [2.05, 4.69) is 5.32 Å². The van der Waals surface area contributed by atoms with E-state index < -0.39 is 61.4 Å². The maximum atomic E-state index is 12.7. The fourth-order valence-electron chi connectivity index (χ4n) is 4.74. The van der Waals surface area contributed by atoms with Gasteiger partial charge in [0.15, 0.2) is 12.6 Å². The van der Waals surface area contributed by atoms with Gasteiger partial charge in [-0.3, -0.25) is 14.5 Å². The molecule has 2 heterocycles. The Kier molecular flexibility index (Phi) is 16.1. The summed E-state index contributed by atoms with van der Waals surface area (Å²) < 4.78 is 22.1. The third-order valence-electron chi connectivity index (χ3n) is 7.38. The number of rotatable bonds is 18. The Bertz CT molecular complexity index is 737. The standard InChI is InChI=1S/C27H50N2O12/c1-4-28-19(31)10-8-6-5-7-9-18(30)15-29(11-13-38-26-24(36)22(34)20(32)16(2)40-26)12-14-39-27-25(37)23(35)21(33)17(3)41-27/h16-17,20-27,32-37H,4-15H2,1-3H3,(H,28,31)/t16-,17-,20+,21+,22+,23+,24-,25-,26+,27+/m0/s1. The van der Waals surface area contributed by atoms with E-state index >= 15 is 0 Å². The van der Waals surface area contributed by atoms with E-state index in [-0.39, 0.29) is 44.5 Å². The van der Waals surface area contributed by atoms with E-state index in [1.54, 1.807) is 18.7 Å². The molecular weight excluding hydrogens is 544 g/mol. The molecule has 2 rings (SSSR count). The maximum Gasteiger partial charge on any atom is 0.219 e. The van der Waals surface area contributed by atoms with Crippen molar-refractivity contribution in [2.75, 3.05) is 39.4 Å². The fraction of sp³-hybridized carbons (Fsp3) is 0.926. The topological polar surface area (TPSA) is 208 Å². The molecule has 0 aromatic heterocycles. The van der Waals surface area contributed by atoms with Crippen LogP contribution in [-0.4, -0.2) is 148 Å². The Hall–Kier alpha value is -1.30. The Morgan fingerprint density at radius 3 is 1.63 bits per heavy atom. The van der Waals surface area contributed by atoms with Gasteiger partial charge in [0.1, 0.15) is 42.4 Å². The van der Waals surface area contributed by atoms with Gasteiger partial charge < -0.3 is 54.9 Å². The minimum atomic E-state index is -1.44. The molecular formula is C27H50N2O12. The van der Waals surface area contributed by atoms with Gasteiger partial charge in [-0.1, -0.05) is 12.8 Å². The predicted octanol–water partition coefficient (Wildman–Crippen LogP) is -1.98. The molecule has 0 radical (unpaired) electrons. The molecule has 0 aromatic rings. The zero-order valence-electron chi connectivity index (χ0n) is 24.3. The minimum Gasteiger partial charge on any atom is -0.388 e. The summed E-state index contributed by atoms with van der Waals surface area (Å²) in [5, 5.41) is 62.8. The molecule has 240 valence electrons. The summed E-state index contributed by atoms with van der Waals surface area (Å²) >= 11 is 0. The average molecular weight is 595 g/mol. The number of nitrogens with one attached hydrogen (secondary N) is 1. The van der Waals surface area contributed by atoms with Crippen LogP contribution in [0.5, 0.6) is 0 Å². The van der Waals surface area contributed by atoms with Crippen molar-refractivity contribution in [1.82, 2.24) is 10.2 Å². The van der Waals surface area contributed by atoms with E-state index in [0.717, 1.165) is 19.3 Å². The van der Waals surface area contributed by atoms with Crippen LogP contribution in [-0.2, 0) is 28.5 Å². The number of Topliss-reactive ketones (excluding diaryl/α,β-unsaturated/α-hetero) is 1. The first-order chi connectivity index (χ1) is 19.5. The summed E-state index contributed by atoms with van der Waals surface area (Å²) in [6, 6.07) is 0. The number of ether oxygens (including phenoxy) is 4. The third kappa shape index (κ3) is 11.7. The van der Waals surface area contributed by atoms with Gasteiger partial charge >= 0.3 is 0 Å². The van der Waals surface area contributed by atoms with Crippen LogP contribution in [0, 0.1) is 0 Å². The fourth-order valence-corrected chi connectivity index (χ4v) is 4.74. The number of aliphatic hydroxyl groups is 6. The quantitative estimate of drug-likeness (QED) is 0.0860. The molecule has 0 spiro atoms. The lowest BCUT2D eigenvalue weighted by Crippen LogP contribution is -2.57. The van der Waals surface area contributed by atoms with Gasteiger partial charge in [-0.05, 0) is 33.6 Å². The molecule has 2 fully saturated rings. The number of hydrogen-bond donors (Lipinski definition) is 7. The van der Waals surface area contributed by atoms with Crippen molar-refractivity contribution in [3.05, 3.63) is 0 Å². The van der Waals surface area contributed by atoms with Crippen LogP contribution in [0.2, 0.25) is 0 Å². The van der Waals surface area contributed by atoms with Gasteiger partial charge in [0, 0.05) is 32.5 Å². The van der Waals surface area contributed by atoms with Crippen molar-refractivity contribution < 1.29 is 59.2 Å². The molecule has 2 aliphatic rings. The highest BCUT2D eigenvalue weighted by atomic mass is 16.7. The summed E-state index contributed by atoms with van der Waals surface area (Å²) in [6.45, 7) is 6.23. The molecule has 0 aromatic carbocycles. The number of carbonyl (C=O) groups excluding carboxylic acids is 2. The molecule has 14 nitrogen and oxygen atoms in total. The van der Waals surface area contributed by atoms with E-state index in [4.69, 9.17) is 18.9 Å². The first-order valence-corrected chi connectivity index (χ1v) is 14.6. The Morgan fingerprint density at radius 1 is 0.707 bits per heavy atom. The molecule has 0 aliphatic carbocycles. The lowest BCUT2D eigenvalue weighted by atomic mass is 10.0. The van der Waals surface area contributed by atoms with Crippen molar-refractivity contribution in [2.45, 2.75) is 121 Å². The number of carbonyl (C=O) groups is 2. The smallest absolute Gasteiger partial charge is 0.219 e. The van der Waals surface area contributed by atoms with Gasteiger partial charge in [-0.25, -0.2) is 0 Å². The van der Waals surface area contributed by atoms with E-state index in [1.165, 1.54) is 0 Å². The highest BCUT2D eigenvalue weighted by Gasteiger charge is 2.43. The summed E-state index contributed by atoms with van der Waals surface area (Å²) in [5.74, 6) is 0.0252. The number of ketones is 1. The molecule has 2 saturated heterocycles. The second-order valence-electron chi connectivity index (χ2n) is 10.8. The summed E-state index contributed by atoms with van der Waals surface area (Å²) in [6.07, 6.45) is -8.07. The Morgan fingerprint density at radius 2 is 1.17 bits per heavy atom. The van der Waals surface area contributed by atoms with Gasteiger partial charge in [-0.15, -0.1) is 0 Å². The lowest BCUT2D eigenvalue weighted by Gasteiger charge is -2.39. The van der Waals surface area contributed by atoms with Crippen LogP contribution in [0.25, 0.3) is 0 Å². The van der Waals surface area contributed by atoms with Gasteiger partial charge in [0.05, 0.1) is 32.0 Å². The van der Waals surface area contributed by atoms with Crippen LogP contribution in [0.4, 0.5) is 0 Å². The highest BCUT2D eigenvalue weighted by Crippen LogP contribution is 2.23. The first kappa shape index (κ1) is 35.9. The molecule has 1 amide bonds. The summed E-state index contributed by atoms with van der Waals surface area (Å²) in [7, 11) is 0. The van der Waals surface area contributed by atoms with Crippen LogP contribution >= 0.6 is 0 Å². The molecule has 0 bridgehead atoms. The molecule has 14 heteroatoms. The van der Waals surface area contributed by atoms with Crippen LogP contribution in [0.3, 0.4) is 0 Å². The van der Waals surface area contributed by atoms with Crippen molar-refractivity contribution in [3.63, 3.8) is 0 Å². The van der Waals surface area contributed by atoms with E-state index in [0.29, 0.717) is 25.8 Å². The average Bonchev–Trinajstić information content (AvgIpc) is 2.93. The number of nitrogens with zero attached hydrogens (tertiary/aromatic N) is 1. The monoisotopic (exact) mass is 594 g/mol. The largest absolute Gasteiger partial charge is 0.388 e. The normalized spacial score (nSPS) is 34.1. The summed E-state index contributed by atoms with van der Waals surface area (Å²) in [5.41, 5.74) is 0. The number of hydrogen-bond acceptors (Lipinski definition) is 13. The van der Waals surface area contributed by atoms with Crippen molar-refractivity contribution in [3.8, 4) is 0 Å². The number of unbranched alkanes of at least 4 members (excludes halogenated alkanes) is 3. The van der Waals surface area contributed by atoms with Crippen molar-refractivity contribution in [1.29, 1.82) is 0 Å². The maximum absolute atomic E-state index is 12.7. The number of amides is 1. The lowest BCUT2D eigenvalue weighted by molar-refractivity contribution is -0.295. The zero-order chi connectivity index (χ0) is 30.5. The molecule has 41 heavy (non-hydrogen) atoms. The number of aliphatic hydroxyl groups excluding tert-OH is 6. The highest BCUT2D eigenvalue weighted by molar-refractivity contribution is 5.80. The molecule has 10 atom stereocenters. The van der Waals surface area contributed by atoms with Crippen molar-refractivity contribution >= 4 is 11.7 Å². The summed E-state index contributed by atoms with van der Waals surface area (Å²) in [4.78, 5) is 26.0. The van der Waals surface area contributed by atoms with Gasteiger partial charge in [0.2, 0.25) is 5.91 Å². The molecule has 2 aliphatic heterocycles. The second kappa shape index (κ2) is 18.4. The predicted molar refractivity (Wildman–Crippen MR) is 144 cm³/mol. The van der Waals surface area contributed by atoms with E-state index in [1.807, 2.05) is 6.92 Å².